The molecule has 2 heteroatoms. The van der Waals surface area contributed by atoms with Gasteiger partial charge in [0.1, 0.15) is 0 Å². The summed E-state index contributed by atoms with van der Waals surface area (Å²) in [6, 6.07) is 0. The quantitative estimate of drug-likeness (QED) is 0.499. The third kappa shape index (κ3) is 3.97. The second-order valence-electron chi connectivity index (χ2n) is 5.35. The fourth-order valence-electron chi connectivity index (χ4n) is 0.879. The van der Waals surface area contributed by atoms with Crippen LogP contribution in [0.5, 0.6) is 0 Å². The Kier molecular flexibility index (Phi) is 5.10. The monoisotopic (exact) mass is 214 g/mol. The van der Waals surface area contributed by atoms with E-state index >= 15 is 0 Å². The molecule has 0 heterocycles. The zero-order valence-corrected chi connectivity index (χ0v) is 11.9. The molecule has 0 N–H and O–H groups in total. The number of allylic oxidation sites excluding steroid dienone is 1. The molecule has 0 aliphatic carbocycles. The van der Waals surface area contributed by atoms with E-state index in [0.29, 0.717) is 5.04 Å². The molecule has 0 spiro atoms. The summed E-state index contributed by atoms with van der Waals surface area (Å²) in [6.45, 7) is 16.5. The van der Waals surface area contributed by atoms with Gasteiger partial charge in [0.15, 0.2) is 8.32 Å². The molecule has 0 aliphatic rings. The van der Waals surface area contributed by atoms with Crippen LogP contribution in [0.1, 0.15) is 41.0 Å². The van der Waals surface area contributed by atoms with Crippen LogP contribution in [0.3, 0.4) is 0 Å². The summed E-state index contributed by atoms with van der Waals surface area (Å²) in [4.78, 5) is 0. The summed E-state index contributed by atoms with van der Waals surface area (Å²) >= 11 is 0. The van der Waals surface area contributed by atoms with Crippen LogP contribution < -0.4 is 0 Å². The molecule has 84 valence electrons. The van der Waals surface area contributed by atoms with Crippen molar-refractivity contribution in [3.05, 3.63) is 11.6 Å². The Morgan fingerprint density at radius 2 is 1.79 bits per heavy atom. The van der Waals surface area contributed by atoms with Crippen LogP contribution in [-0.4, -0.2) is 14.9 Å². The Labute approximate surface area is 90.7 Å². The topological polar surface area (TPSA) is 9.23 Å². The molecule has 0 atom stereocenters. The molecule has 1 nitrogen and oxygen atoms in total. The molecule has 0 aromatic rings. The summed E-state index contributed by atoms with van der Waals surface area (Å²) in [5.41, 5.74) is 1.41. The van der Waals surface area contributed by atoms with Crippen molar-refractivity contribution in [1.29, 1.82) is 0 Å². The zero-order valence-electron chi connectivity index (χ0n) is 10.9. The maximum atomic E-state index is 6.11. The van der Waals surface area contributed by atoms with E-state index in [9.17, 15) is 0 Å². The van der Waals surface area contributed by atoms with Gasteiger partial charge < -0.3 is 4.43 Å². The smallest absolute Gasteiger partial charge is 0.192 e. The van der Waals surface area contributed by atoms with Gasteiger partial charge >= 0.3 is 0 Å². The zero-order chi connectivity index (χ0) is 11.4. The number of hydrogen-bond donors (Lipinski definition) is 0. The van der Waals surface area contributed by atoms with Gasteiger partial charge in [-0.1, -0.05) is 39.3 Å². The highest BCUT2D eigenvalue weighted by Gasteiger charge is 2.36. The Morgan fingerprint density at radius 1 is 1.29 bits per heavy atom. The summed E-state index contributed by atoms with van der Waals surface area (Å²) in [6.07, 6.45) is 3.28. The fraction of sp³-hybridized carbons (Fsp3) is 0.833. The van der Waals surface area contributed by atoms with Crippen LogP contribution in [0.25, 0.3) is 0 Å². The Morgan fingerprint density at radius 3 is 2.07 bits per heavy atom. The average Bonchev–Trinajstić information content (AvgIpc) is 2.04. The van der Waals surface area contributed by atoms with Crippen molar-refractivity contribution in [3.8, 4) is 0 Å². The first-order chi connectivity index (χ1) is 6.24. The molecule has 0 bridgehead atoms. The normalized spacial score (nSPS) is 14.6. The average molecular weight is 214 g/mol. The third-order valence-corrected chi connectivity index (χ3v) is 7.77. The second-order valence-corrected chi connectivity index (χ2v) is 10.2. The highest BCUT2D eigenvalue weighted by atomic mass is 28.4. The van der Waals surface area contributed by atoms with E-state index in [4.69, 9.17) is 4.43 Å². The van der Waals surface area contributed by atoms with Crippen LogP contribution in [0, 0.1) is 0 Å². The molecule has 0 aliphatic heterocycles. The van der Waals surface area contributed by atoms with Gasteiger partial charge in [0.25, 0.3) is 0 Å². The summed E-state index contributed by atoms with van der Waals surface area (Å²) in [5, 5.41) is 0.319. The van der Waals surface area contributed by atoms with Gasteiger partial charge in [-0.2, -0.15) is 0 Å². The van der Waals surface area contributed by atoms with Crippen LogP contribution in [0.2, 0.25) is 18.1 Å². The summed E-state index contributed by atoms with van der Waals surface area (Å²) in [5.74, 6) is 0. The molecule has 0 aromatic carbocycles. The molecule has 0 unspecified atom stereocenters. The summed E-state index contributed by atoms with van der Waals surface area (Å²) in [7, 11) is -1.54. The van der Waals surface area contributed by atoms with Gasteiger partial charge in [0, 0.05) is 0 Å². The second kappa shape index (κ2) is 5.13. The lowest BCUT2D eigenvalue weighted by Crippen LogP contribution is -2.41. The van der Waals surface area contributed by atoms with Gasteiger partial charge in [-0.05, 0) is 31.5 Å². The van der Waals surface area contributed by atoms with E-state index in [1.54, 1.807) is 0 Å². The maximum Gasteiger partial charge on any atom is 0.192 e. The molecule has 0 fully saturated rings. The van der Waals surface area contributed by atoms with Gasteiger partial charge in [-0.25, -0.2) is 0 Å². The first-order valence-corrected chi connectivity index (χ1v) is 8.43. The van der Waals surface area contributed by atoms with Gasteiger partial charge in [-0.3, -0.25) is 0 Å². The van der Waals surface area contributed by atoms with Crippen molar-refractivity contribution in [2.45, 2.75) is 59.2 Å². The minimum absolute atomic E-state index is 0.319. The van der Waals surface area contributed by atoms with Crippen molar-refractivity contribution >= 4 is 8.32 Å². The van der Waals surface area contributed by atoms with E-state index < -0.39 is 8.32 Å². The van der Waals surface area contributed by atoms with E-state index in [1.807, 2.05) is 0 Å². The first kappa shape index (κ1) is 13.9. The largest absolute Gasteiger partial charge is 0.413 e. The van der Waals surface area contributed by atoms with Crippen molar-refractivity contribution < 1.29 is 4.43 Å². The molecule has 0 rings (SSSR count). The van der Waals surface area contributed by atoms with E-state index in [2.05, 4.69) is 53.8 Å². The lowest BCUT2D eigenvalue weighted by Gasteiger charge is -2.36. The molecule has 0 saturated heterocycles. The van der Waals surface area contributed by atoms with Gasteiger partial charge in [-0.15, -0.1) is 0 Å². The molecule has 0 saturated carbocycles. The highest BCUT2D eigenvalue weighted by molar-refractivity contribution is 6.74. The molecule has 0 aromatic heterocycles. The van der Waals surface area contributed by atoms with E-state index in [0.717, 1.165) is 13.0 Å². The predicted molar refractivity (Wildman–Crippen MR) is 67.2 cm³/mol. The van der Waals surface area contributed by atoms with Gasteiger partial charge in [0.2, 0.25) is 0 Å². The number of rotatable bonds is 4. The highest BCUT2D eigenvalue weighted by Crippen LogP contribution is 2.36. The Hall–Kier alpha value is -0.0831. The maximum absolute atomic E-state index is 6.11. The lowest BCUT2D eigenvalue weighted by molar-refractivity contribution is 0.315. The lowest BCUT2D eigenvalue weighted by atomic mass is 10.2. The van der Waals surface area contributed by atoms with Crippen molar-refractivity contribution in [2.75, 3.05) is 6.61 Å². The Bertz CT molecular complexity index is 199. The van der Waals surface area contributed by atoms with Crippen LogP contribution in [0.15, 0.2) is 11.6 Å². The Balaban J connectivity index is 4.26. The predicted octanol–water partition coefficient (Wildman–Crippen LogP) is 4.36. The SMILES string of the molecule is C/C=C(\CC)CO[Si](C)(C)C(C)(C)C. The molecule has 14 heavy (non-hydrogen) atoms. The number of hydrogen-bond acceptors (Lipinski definition) is 1. The molecule has 0 radical (unpaired) electrons. The molecular weight excluding hydrogens is 188 g/mol. The van der Waals surface area contributed by atoms with Crippen molar-refractivity contribution in [2.24, 2.45) is 0 Å². The molecule has 0 amide bonds. The standard InChI is InChI=1S/C12H26OSi/c1-8-11(9-2)10-13-14(6,7)12(3,4)5/h8H,9-10H2,1-7H3/b11-8+. The van der Waals surface area contributed by atoms with Crippen LogP contribution in [0.4, 0.5) is 0 Å². The van der Waals surface area contributed by atoms with Crippen LogP contribution in [-0.2, 0) is 4.43 Å². The summed E-state index contributed by atoms with van der Waals surface area (Å²) < 4.78 is 6.11. The first-order valence-electron chi connectivity index (χ1n) is 5.52. The fourth-order valence-corrected chi connectivity index (χ4v) is 1.86. The van der Waals surface area contributed by atoms with Gasteiger partial charge in [0.05, 0.1) is 6.61 Å². The minimum Gasteiger partial charge on any atom is -0.413 e. The van der Waals surface area contributed by atoms with Crippen LogP contribution >= 0.6 is 0 Å². The van der Waals surface area contributed by atoms with E-state index in [-0.39, 0.29) is 0 Å². The molecular formula is C12H26OSi. The van der Waals surface area contributed by atoms with Crippen molar-refractivity contribution in [3.63, 3.8) is 0 Å². The van der Waals surface area contributed by atoms with E-state index in [1.165, 1.54) is 5.57 Å². The minimum atomic E-state index is -1.54. The third-order valence-electron chi connectivity index (χ3n) is 3.29. The van der Waals surface area contributed by atoms with Crippen molar-refractivity contribution in [1.82, 2.24) is 0 Å².